The summed E-state index contributed by atoms with van der Waals surface area (Å²) in [7, 11) is 1.67. The van der Waals surface area contributed by atoms with Crippen molar-refractivity contribution in [1.29, 1.82) is 0 Å². The summed E-state index contributed by atoms with van der Waals surface area (Å²) in [6, 6.07) is 15.5. The molecule has 0 N–H and O–H groups in total. The first kappa shape index (κ1) is 21.0. The minimum Gasteiger partial charge on any atom is -0.495 e. The van der Waals surface area contributed by atoms with E-state index in [0.717, 1.165) is 30.2 Å². The standard InChI is InChI=1S/C24H29N3O4/c1-3-20-24(29)27(19-9-5-7-11-22(19)31-20)13-12-23(28)26-16-14-25(15-17-26)18-8-4-6-10-21(18)30-2/h4-11,20H,3,12-17H2,1-2H3. The van der Waals surface area contributed by atoms with Gasteiger partial charge in [-0.25, -0.2) is 0 Å². The molecule has 7 heteroatoms. The van der Waals surface area contributed by atoms with Gasteiger partial charge in [0.1, 0.15) is 11.5 Å². The van der Waals surface area contributed by atoms with Gasteiger partial charge < -0.3 is 24.2 Å². The molecule has 31 heavy (non-hydrogen) atoms. The Labute approximate surface area is 183 Å². The quantitative estimate of drug-likeness (QED) is 0.715. The van der Waals surface area contributed by atoms with E-state index in [2.05, 4.69) is 4.90 Å². The number of anilines is 2. The number of carbonyl (C=O) groups is 2. The van der Waals surface area contributed by atoms with Gasteiger partial charge in [0.25, 0.3) is 5.91 Å². The largest absolute Gasteiger partial charge is 0.495 e. The molecule has 2 aliphatic heterocycles. The molecule has 0 spiro atoms. The van der Waals surface area contributed by atoms with Gasteiger partial charge in [0, 0.05) is 39.1 Å². The highest BCUT2D eigenvalue weighted by molar-refractivity contribution is 6.00. The second kappa shape index (κ2) is 9.29. The molecule has 0 aliphatic carbocycles. The predicted molar refractivity (Wildman–Crippen MR) is 120 cm³/mol. The molecule has 164 valence electrons. The second-order valence-electron chi connectivity index (χ2n) is 7.76. The van der Waals surface area contributed by atoms with Crippen LogP contribution in [0.25, 0.3) is 0 Å². The van der Waals surface area contributed by atoms with Crippen molar-refractivity contribution in [2.75, 3.05) is 49.6 Å². The van der Waals surface area contributed by atoms with Crippen molar-refractivity contribution in [1.82, 2.24) is 4.90 Å². The first-order valence-electron chi connectivity index (χ1n) is 10.8. The average Bonchev–Trinajstić information content (AvgIpc) is 2.83. The van der Waals surface area contributed by atoms with Gasteiger partial charge in [0.05, 0.1) is 18.5 Å². The van der Waals surface area contributed by atoms with Gasteiger partial charge >= 0.3 is 0 Å². The summed E-state index contributed by atoms with van der Waals surface area (Å²) in [4.78, 5) is 31.6. The van der Waals surface area contributed by atoms with Crippen molar-refractivity contribution in [3.8, 4) is 11.5 Å². The third-order valence-corrected chi connectivity index (χ3v) is 5.95. The summed E-state index contributed by atoms with van der Waals surface area (Å²) in [5.74, 6) is 1.54. The van der Waals surface area contributed by atoms with Crippen LogP contribution < -0.4 is 19.3 Å². The number of piperazine rings is 1. The maximum Gasteiger partial charge on any atom is 0.268 e. The van der Waals surface area contributed by atoms with E-state index in [4.69, 9.17) is 9.47 Å². The van der Waals surface area contributed by atoms with Gasteiger partial charge in [-0.3, -0.25) is 9.59 Å². The Bertz CT molecular complexity index is 940. The zero-order valence-corrected chi connectivity index (χ0v) is 18.1. The summed E-state index contributed by atoms with van der Waals surface area (Å²) in [5, 5.41) is 0. The molecule has 2 aromatic rings. The summed E-state index contributed by atoms with van der Waals surface area (Å²) in [6.45, 7) is 5.11. The molecule has 0 aromatic heterocycles. The molecule has 2 amide bonds. The number of para-hydroxylation sites is 4. The smallest absolute Gasteiger partial charge is 0.268 e. The molecule has 2 aliphatic rings. The number of benzene rings is 2. The van der Waals surface area contributed by atoms with Crippen LogP contribution in [-0.2, 0) is 9.59 Å². The van der Waals surface area contributed by atoms with E-state index in [9.17, 15) is 9.59 Å². The Balaban J connectivity index is 1.36. The van der Waals surface area contributed by atoms with Crippen LogP contribution in [0.15, 0.2) is 48.5 Å². The fourth-order valence-corrected chi connectivity index (χ4v) is 4.22. The molecule has 4 rings (SSSR count). The number of ether oxygens (including phenoxy) is 2. The van der Waals surface area contributed by atoms with Gasteiger partial charge in [0.2, 0.25) is 5.91 Å². The fraction of sp³-hybridized carbons (Fsp3) is 0.417. The molecule has 1 saturated heterocycles. The van der Waals surface area contributed by atoms with Crippen LogP contribution in [-0.4, -0.2) is 62.7 Å². The molecule has 2 heterocycles. The molecule has 0 radical (unpaired) electrons. The van der Waals surface area contributed by atoms with E-state index in [-0.39, 0.29) is 11.8 Å². The molecule has 1 atom stereocenters. The van der Waals surface area contributed by atoms with Crippen LogP contribution in [0, 0.1) is 0 Å². The van der Waals surface area contributed by atoms with Crippen LogP contribution in [0.3, 0.4) is 0 Å². The predicted octanol–water partition coefficient (Wildman–Crippen LogP) is 2.94. The highest BCUT2D eigenvalue weighted by atomic mass is 16.5. The average molecular weight is 424 g/mol. The van der Waals surface area contributed by atoms with Crippen molar-refractivity contribution in [2.45, 2.75) is 25.9 Å². The van der Waals surface area contributed by atoms with Gasteiger partial charge in [-0.1, -0.05) is 31.2 Å². The molecule has 1 fully saturated rings. The van der Waals surface area contributed by atoms with Crippen molar-refractivity contribution in [3.05, 3.63) is 48.5 Å². The maximum absolute atomic E-state index is 12.9. The van der Waals surface area contributed by atoms with Gasteiger partial charge in [-0.05, 0) is 30.7 Å². The summed E-state index contributed by atoms with van der Waals surface area (Å²) in [6.07, 6.45) is 0.405. The Morgan fingerprint density at radius 1 is 1.03 bits per heavy atom. The highest BCUT2D eigenvalue weighted by Gasteiger charge is 2.33. The number of nitrogens with zero attached hydrogens (tertiary/aromatic N) is 3. The maximum atomic E-state index is 12.9. The van der Waals surface area contributed by atoms with Crippen LogP contribution >= 0.6 is 0 Å². The summed E-state index contributed by atoms with van der Waals surface area (Å²) < 4.78 is 11.3. The Morgan fingerprint density at radius 3 is 2.42 bits per heavy atom. The van der Waals surface area contributed by atoms with Crippen molar-refractivity contribution < 1.29 is 19.1 Å². The minimum absolute atomic E-state index is 0.0736. The highest BCUT2D eigenvalue weighted by Crippen LogP contribution is 2.34. The lowest BCUT2D eigenvalue weighted by Gasteiger charge is -2.37. The van der Waals surface area contributed by atoms with Crippen LogP contribution in [0.1, 0.15) is 19.8 Å². The number of fused-ring (bicyclic) bond motifs is 1. The number of rotatable bonds is 6. The first-order chi connectivity index (χ1) is 15.1. The van der Waals surface area contributed by atoms with E-state index in [1.54, 1.807) is 12.0 Å². The lowest BCUT2D eigenvalue weighted by molar-refractivity contribution is -0.131. The lowest BCUT2D eigenvalue weighted by Crippen LogP contribution is -2.50. The lowest BCUT2D eigenvalue weighted by atomic mass is 10.1. The Kier molecular flexibility index (Phi) is 6.30. The SMILES string of the molecule is CCC1Oc2ccccc2N(CCC(=O)N2CCN(c3ccccc3OC)CC2)C1=O. The molecular formula is C24H29N3O4. The van der Waals surface area contributed by atoms with Crippen molar-refractivity contribution in [2.24, 2.45) is 0 Å². The Hall–Kier alpha value is -3.22. The number of hydrogen-bond acceptors (Lipinski definition) is 5. The minimum atomic E-state index is -0.491. The second-order valence-corrected chi connectivity index (χ2v) is 7.76. The van der Waals surface area contributed by atoms with Crippen LogP contribution in [0.5, 0.6) is 11.5 Å². The molecule has 1 unspecified atom stereocenters. The van der Waals surface area contributed by atoms with Crippen molar-refractivity contribution >= 4 is 23.2 Å². The van der Waals surface area contributed by atoms with E-state index in [1.807, 2.05) is 60.4 Å². The molecule has 2 aromatic carbocycles. The van der Waals surface area contributed by atoms with E-state index in [1.165, 1.54) is 0 Å². The zero-order valence-electron chi connectivity index (χ0n) is 18.1. The number of methoxy groups -OCH3 is 1. The van der Waals surface area contributed by atoms with E-state index < -0.39 is 6.10 Å². The normalized spacial score (nSPS) is 18.5. The molecular weight excluding hydrogens is 394 g/mol. The van der Waals surface area contributed by atoms with Gasteiger partial charge in [0.15, 0.2) is 6.10 Å². The van der Waals surface area contributed by atoms with E-state index in [0.29, 0.717) is 38.2 Å². The first-order valence-corrected chi connectivity index (χ1v) is 10.8. The zero-order chi connectivity index (χ0) is 21.8. The fourth-order valence-electron chi connectivity index (χ4n) is 4.22. The van der Waals surface area contributed by atoms with Gasteiger partial charge in [-0.2, -0.15) is 0 Å². The van der Waals surface area contributed by atoms with Gasteiger partial charge in [-0.15, -0.1) is 0 Å². The third kappa shape index (κ3) is 4.31. The van der Waals surface area contributed by atoms with Crippen LogP contribution in [0.2, 0.25) is 0 Å². The monoisotopic (exact) mass is 423 g/mol. The molecule has 7 nitrogen and oxygen atoms in total. The summed E-state index contributed by atoms with van der Waals surface area (Å²) >= 11 is 0. The Morgan fingerprint density at radius 2 is 1.71 bits per heavy atom. The van der Waals surface area contributed by atoms with Crippen LogP contribution in [0.4, 0.5) is 11.4 Å². The van der Waals surface area contributed by atoms with E-state index >= 15 is 0 Å². The summed E-state index contributed by atoms with van der Waals surface area (Å²) in [5.41, 5.74) is 1.80. The number of amides is 2. The topological polar surface area (TPSA) is 62.3 Å². The third-order valence-electron chi connectivity index (χ3n) is 5.95. The number of carbonyl (C=O) groups excluding carboxylic acids is 2. The molecule has 0 bridgehead atoms. The molecule has 0 saturated carbocycles. The number of hydrogen-bond donors (Lipinski definition) is 0. The van der Waals surface area contributed by atoms with Crippen molar-refractivity contribution in [3.63, 3.8) is 0 Å².